The molecule has 0 bridgehead atoms. The highest BCUT2D eigenvalue weighted by Gasteiger charge is 2.24. The predicted molar refractivity (Wildman–Crippen MR) is 109 cm³/mol. The van der Waals surface area contributed by atoms with E-state index in [1.807, 2.05) is 37.1 Å². The Morgan fingerprint density at radius 1 is 1.07 bits per heavy atom. The summed E-state index contributed by atoms with van der Waals surface area (Å²) in [6.45, 7) is 4.56. The normalized spacial score (nSPS) is 15.2. The minimum atomic E-state index is -0.294. The van der Waals surface area contributed by atoms with E-state index < -0.39 is 0 Å². The average molecular weight is 380 g/mol. The molecule has 0 N–H and O–H groups in total. The molecule has 0 spiro atoms. The van der Waals surface area contributed by atoms with Crippen LogP contribution in [0, 0.1) is 11.7 Å². The van der Waals surface area contributed by atoms with Crippen LogP contribution in [-0.4, -0.2) is 46.6 Å². The van der Waals surface area contributed by atoms with Gasteiger partial charge in [0.1, 0.15) is 18.5 Å². The van der Waals surface area contributed by atoms with Crippen LogP contribution in [0.5, 0.6) is 0 Å². The number of aromatic nitrogens is 4. The van der Waals surface area contributed by atoms with Gasteiger partial charge in [0.25, 0.3) is 0 Å². The maximum absolute atomic E-state index is 14.5. The fraction of sp³-hybridized carbons (Fsp3) is 0.429. The van der Waals surface area contributed by atoms with Crippen molar-refractivity contribution in [2.75, 3.05) is 36.5 Å². The number of anilines is 2. The van der Waals surface area contributed by atoms with Gasteiger partial charge >= 0.3 is 0 Å². The summed E-state index contributed by atoms with van der Waals surface area (Å²) in [7, 11) is 1.91. The lowest BCUT2D eigenvalue weighted by atomic mass is 9.96. The van der Waals surface area contributed by atoms with Crippen molar-refractivity contribution in [3.8, 4) is 0 Å². The summed E-state index contributed by atoms with van der Waals surface area (Å²) in [5.74, 6) is 1.61. The molecule has 1 saturated heterocycles. The molecule has 28 heavy (non-hydrogen) atoms. The molecule has 0 amide bonds. The molecule has 0 atom stereocenters. The van der Waals surface area contributed by atoms with E-state index in [4.69, 9.17) is 0 Å². The summed E-state index contributed by atoms with van der Waals surface area (Å²) in [6.07, 6.45) is 5.74. The fourth-order valence-electron chi connectivity index (χ4n) is 3.95. The number of aryl methyl sites for hydroxylation is 1. The second-order valence-corrected chi connectivity index (χ2v) is 7.34. The molecule has 7 heteroatoms. The van der Waals surface area contributed by atoms with Gasteiger partial charge in [0, 0.05) is 32.1 Å². The minimum Gasteiger partial charge on any atom is -0.357 e. The molecule has 0 aliphatic carbocycles. The Hall–Kier alpha value is -2.83. The van der Waals surface area contributed by atoms with Gasteiger partial charge in [-0.3, -0.25) is 0 Å². The van der Waals surface area contributed by atoms with Crippen LogP contribution in [0.1, 0.15) is 25.5 Å². The van der Waals surface area contributed by atoms with Crippen LogP contribution < -0.4 is 9.80 Å². The van der Waals surface area contributed by atoms with E-state index in [1.165, 1.54) is 6.33 Å². The Bertz CT molecular complexity index is 949. The number of fused-ring (bicyclic) bond motifs is 1. The van der Waals surface area contributed by atoms with Crippen molar-refractivity contribution in [2.24, 2.45) is 5.92 Å². The second-order valence-electron chi connectivity index (χ2n) is 7.34. The topological polar surface area (TPSA) is 58.0 Å². The lowest BCUT2D eigenvalue weighted by molar-refractivity contribution is 0.405. The summed E-state index contributed by atoms with van der Waals surface area (Å²) < 4.78 is 14.5. The van der Waals surface area contributed by atoms with E-state index in [0.29, 0.717) is 23.9 Å². The monoisotopic (exact) mass is 380 g/mol. The standard InChI is InChI=1S/C21H25FN6/c1-3-17-19(22)21(26-13-23-17)27(2)12-15-8-10-28(11-9-15)20-16-6-4-5-7-18(16)24-14-25-20/h4-7,13-15H,3,8-12H2,1-2H3. The summed E-state index contributed by atoms with van der Waals surface area (Å²) in [6, 6.07) is 8.12. The third-order valence-electron chi connectivity index (χ3n) is 5.51. The molecule has 1 aromatic carbocycles. The number of rotatable bonds is 5. The molecule has 146 valence electrons. The van der Waals surface area contributed by atoms with Crippen molar-refractivity contribution in [3.63, 3.8) is 0 Å². The van der Waals surface area contributed by atoms with Gasteiger partial charge in [-0.1, -0.05) is 19.1 Å². The van der Waals surface area contributed by atoms with E-state index in [1.54, 1.807) is 6.33 Å². The van der Waals surface area contributed by atoms with Gasteiger partial charge in [0.15, 0.2) is 11.6 Å². The number of nitrogens with zero attached hydrogens (tertiary/aromatic N) is 6. The number of benzene rings is 1. The number of hydrogen-bond donors (Lipinski definition) is 0. The Labute approximate surface area is 164 Å². The van der Waals surface area contributed by atoms with Crippen molar-refractivity contribution in [3.05, 3.63) is 48.4 Å². The molecule has 1 aliphatic heterocycles. The molecule has 6 nitrogen and oxygen atoms in total. The summed E-state index contributed by atoms with van der Waals surface area (Å²) >= 11 is 0. The molecule has 0 saturated carbocycles. The first-order valence-electron chi connectivity index (χ1n) is 9.82. The van der Waals surface area contributed by atoms with Crippen molar-refractivity contribution in [1.82, 2.24) is 19.9 Å². The third-order valence-corrected chi connectivity index (χ3v) is 5.51. The van der Waals surface area contributed by atoms with E-state index >= 15 is 0 Å². The van der Waals surface area contributed by atoms with Gasteiger partial charge < -0.3 is 9.80 Å². The second kappa shape index (κ2) is 8.04. The lowest BCUT2D eigenvalue weighted by Gasteiger charge is -2.35. The largest absolute Gasteiger partial charge is 0.357 e. The quantitative estimate of drug-likeness (QED) is 0.675. The van der Waals surface area contributed by atoms with Crippen LogP contribution in [0.15, 0.2) is 36.9 Å². The molecule has 1 aliphatic rings. The van der Waals surface area contributed by atoms with Gasteiger partial charge in [-0.05, 0) is 37.3 Å². The molecule has 4 rings (SSSR count). The van der Waals surface area contributed by atoms with E-state index in [2.05, 4.69) is 30.9 Å². The van der Waals surface area contributed by atoms with Crippen molar-refractivity contribution >= 4 is 22.5 Å². The van der Waals surface area contributed by atoms with Gasteiger partial charge in [-0.25, -0.2) is 24.3 Å². The van der Waals surface area contributed by atoms with E-state index in [0.717, 1.165) is 49.2 Å². The maximum atomic E-state index is 14.5. The summed E-state index contributed by atoms with van der Waals surface area (Å²) in [4.78, 5) is 21.3. The first-order chi connectivity index (χ1) is 13.7. The lowest BCUT2D eigenvalue weighted by Crippen LogP contribution is -2.38. The highest BCUT2D eigenvalue weighted by atomic mass is 19.1. The maximum Gasteiger partial charge on any atom is 0.187 e. The van der Waals surface area contributed by atoms with Crippen molar-refractivity contribution in [2.45, 2.75) is 26.2 Å². The van der Waals surface area contributed by atoms with E-state index in [-0.39, 0.29) is 5.82 Å². The zero-order chi connectivity index (χ0) is 19.5. The van der Waals surface area contributed by atoms with Crippen LogP contribution in [0.3, 0.4) is 0 Å². The average Bonchev–Trinajstić information content (AvgIpc) is 2.74. The predicted octanol–water partition coefficient (Wildman–Crippen LogP) is 3.47. The molecule has 3 heterocycles. The first kappa shape index (κ1) is 18.5. The molecule has 0 radical (unpaired) electrons. The molecule has 1 fully saturated rings. The fourth-order valence-corrected chi connectivity index (χ4v) is 3.95. The highest BCUT2D eigenvalue weighted by Crippen LogP contribution is 2.28. The smallest absolute Gasteiger partial charge is 0.187 e. The summed E-state index contributed by atoms with van der Waals surface area (Å²) in [5.41, 5.74) is 1.45. The van der Waals surface area contributed by atoms with Crippen LogP contribution in [0.4, 0.5) is 16.0 Å². The van der Waals surface area contributed by atoms with Crippen LogP contribution in [-0.2, 0) is 6.42 Å². The zero-order valence-corrected chi connectivity index (χ0v) is 16.3. The summed E-state index contributed by atoms with van der Waals surface area (Å²) in [5, 5.41) is 1.09. The first-order valence-corrected chi connectivity index (χ1v) is 9.82. The van der Waals surface area contributed by atoms with Gasteiger partial charge in [-0.2, -0.15) is 0 Å². The highest BCUT2D eigenvalue weighted by molar-refractivity contribution is 5.89. The van der Waals surface area contributed by atoms with Crippen molar-refractivity contribution in [1.29, 1.82) is 0 Å². The SMILES string of the molecule is CCc1ncnc(N(C)CC2CCN(c3ncnc4ccccc34)CC2)c1F. The Morgan fingerprint density at radius 3 is 2.61 bits per heavy atom. The van der Waals surface area contributed by atoms with Crippen LogP contribution in [0.2, 0.25) is 0 Å². The Morgan fingerprint density at radius 2 is 1.82 bits per heavy atom. The molecular weight excluding hydrogens is 355 g/mol. The van der Waals surface area contributed by atoms with Gasteiger partial charge in [0.2, 0.25) is 0 Å². The van der Waals surface area contributed by atoms with E-state index in [9.17, 15) is 4.39 Å². The molecule has 2 aromatic heterocycles. The number of hydrogen-bond acceptors (Lipinski definition) is 6. The zero-order valence-electron chi connectivity index (χ0n) is 16.3. The molecule has 3 aromatic rings. The Kier molecular flexibility index (Phi) is 5.32. The van der Waals surface area contributed by atoms with Crippen molar-refractivity contribution < 1.29 is 4.39 Å². The van der Waals surface area contributed by atoms with Gasteiger partial charge in [0.05, 0.1) is 11.2 Å². The third kappa shape index (κ3) is 3.61. The van der Waals surface area contributed by atoms with Crippen LogP contribution >= 0.6 is 0 Å². The number of piperidine rings is 1. The minimum absolute atomic E-state index is 0.294. The molecule has 0 unspecified atom stereocenters. The van der Waals surface area contributed by atoms with Gasteiger partial charge in [-0.15, -0.1) is 0 Å². The Balaban J connectivity index is 1.42. The molecular formula is C21H25FN6. The number of para-hydroxylation sites is 1. The van der Waals surface area contributed by atoms with Crippen LogP contribution in [0.25, 0.3) is 10.9 Å². The number of halogens is 1.